The molecule has 3 N–H and O–H groups in total. The van der Waals surface area contributed by atoms with Crippen LogP contribution in [0.2, 0.25) is 0 Å². The summed E-state index contributed by atoms with van der Waals surface area (Å²) < 4.78 is 5.09. The van der Waals surface area contributed by atoms with E-state index in [0.717, 1.165) is 12.8 Å². The van der Waals surface area contributed by atoms with Gasteiger partial charge in [0.25, 0.3) is 0 Å². The van der Waals surface area contributed by atoms with Crippen molar-refractivity contribution < 1.29 is 9.53 Å². The van der Waals surface area contributed by atoms with Gasteiger partial charge in [-0.1, -0.05) is 29.8 Å². The fourth-order valence-electron chi connectivity index (χ4n) is 2.24. The molecule has 0 bridgehead atoms. The molecule has 0 fully saturated rings. The van der Waals surface area contributed by atoms with Crippen LogP contribution in [0.15, 0.2) is 42.5 Å². The zero-order valence-electron chi connectivity index (χ0n) is 13.1. The quantitative estimate of drug-likeness (QED) is 0.802. The number of hydrogen-bond donors (Lipinski definition) is 2. The minimum absolute atomic E-state index is 0.00308. The van der Waals surface area contributed by atoms with Crippen molar-refractivity contribution in [3.8, 4) is 5.75 Å². The molecule has 0 aliphatic heterocycles. The van der Waals surface area contributed by atoms with Crippen molar-refractivity contribution in [1.29, 1.82) is 0 Å². The van der Waals surface area contributed by atoms with Gasteiger partial charge in [-0.15, -0.1) is 0 Å². The van der Waals surface area contributed by atoms with Gasteiger partial charge in [-0.25, -0.2) is 0 Å². The topological polar surface area (TPSA) is 64.3 Å². The Balaban J connectivity index is 1.80. The maximum absolute atomic E-state index is 11.9. The monoisotopic (exact) mass is 298 g/mol. The molecule has 0 atom stereocenters. The second-order valence-corrected chi connectivity index (χ2v) is 5.34. The summed E-state index contributed by atoms with van der Waals surface area (Å²) >= 11 is 0. The molecule has 0 spiro atoms. The second kappa shape index (κ2) is 7.50. The number of hydrogen-bond acceptors (Lipinski definition) is 3. The van der Waals surface area contributed by atoms with E-state index in [-0.39, 0.29) is 5.91 Å². The molecule has 0 saturated carbocycles. The highest BCUT2D eigenvalue weighted by Gasteiger charge is 2.05. The summed E-state index contributed by atoms with van der Waals surface area (Å²) in [5, 5.41) is 2.85. The van der Waals surface area contributed by atoms with Crippen LogP contribution in [0, 0.1) is 6.92 Å². The number of aryl methyl sites for hydroxylation is 2. The number of amides is 1. The number of ether oxygens (including phenoxy) is 1. The Morgan fingerprint density at radius 2 is 1.91 bits per heavy atom. The summed E-state index contributed by atoms with van der Waals surface area (Å²) in [6.07, 6.45) is 2.21. The standard InChI is InChI=1S/C18H22N2O2/c1-13-6-8-14(9-7-13)4-3-5-18(21)20-15-10-11-17(22-2)16(19)12-15/h6-12H,3-5,19H2,1-2H3,(H,20,21). The molecule has 0 unspecified atom stereocenters. The van der Waals surface area contributed by atoms with Crippen LogP contribution in [-0.4, -0.2) is 13.0 Å². The van der Waals surface area contributed by atoms with Crippen LogP contribution in [0.1, 0.15) is 24.0 Å². The van der Waals surface area contributed by atoms with Crippen LogP contribution in [0.3, 0.4) is 0 Å². The Labute approximate surface area is 131 Å². The van der Waals surface area contributed by atoms with E-state index in [9.17, 15) is 4.79 Å². The van der Waals surface area contributed by atoms with Crippen molar-refractivity contribution >= 4 is 17.3 Å². The van der Waals surface area contributed by atoms with E-state index in [2.05, 4.69) is 36.5 Å². The van der Waals surface area contributed by atoms with Gasteiger partial charge in [-0.05, 0) is 43.5 Å². The second-order valence-electron chi connectivity index (χ2n) is 5.34. The molecule has 0 aliphatic rings. The van der Waals surface area contributed by atoms with Gasteiger partial charge in [0.15, 0.2) is 0 Å². The third-order valence-corrected chi connectivity index (χ3v) is 3.50. The molecule has 0 saturated heterocycles. The first-order valence-electron chi connectivity index (χ1n) is 7.37. The van der Waals surface area contributed by atoms with Gasteiger partial charge in [0.2, 0.25) is 5.91 Å². The van der Waals surface area contributed by atoms with E-state index < -0.39 is 0 Å². The number of nitrogens with two attached hydrogens (primary N) is 1. The van der Waals surface area contributed by atoms with Gasteiger partial charge in [-0.3, -0.25) is 4.79 Å². The molecule has 116 valence electrons. The average molecular weight is 298 g/mol. The van der Waals surface area contributed by atoms with Crippen molar-refractivity contribution in [3.63, 3.8) is 0 Å². The van der Waals surface area contributed by atoms with Gasteiger partial charge in [-0.2, -0.15) is 0 Å². The highest BCUT2D eigenvalue weighted by molar-refractivity contribution is 5.91. The Morgan fingerprint density at radius 3 is 2.55 bits per heavy atom. The van der Waals surface area contributed by atoms with E-state index in [1.54, 1.807) is 25.3 Å². The minimum atomic E-state index is -0.00308. The zero-order valence-corrected chi connectivity index (χ0v) is 13.1. The summed E-state index contributed by atoms with van der Waals surface area (Å²) in [5.74, 6) is 0.606. The van der Waals surface area contributed by atoms with E-state index in [4.69, 9.17) is 10.5 Å². The van der Waals surface area contributed by atoms with E-state index >= 15 is 0 Å². The first-order valence-corrected chi connectivity index (χ1v) is 7.37. The Bertz CT molecular complexity index is 636. The molecule has 4 heteroatoms. The highest BCUT2D eigenvalue weighted by Crippen LogP contribution is 2.24. The van der Waals surface area contributed by atoms with Crippen molar-refractivity contribution in [1.82, 2.24) is 0 Å². The van der Waals surface area contributed by atoms with Crippen LogP contribution in [0.5, 0.6) is 5.75 Å². The minimum Gasteiger partial charge on any atom is -0.495 e. The number of carbonyl (C=O) groups excluding carboxylic acids is 1. The summed E-state index contributed by atoms with van der Waals surface area (Å²) in [6, 6.07) is 13.6. The summed E-state index contributed by atoms with van der Waals surface area (Å²) in [5.41, 5.74) is 9.53. The van der Waals surface area contributed by atoms with Gasteiger partial charge in [0.1, 0.15) is 5.75 Å². The Kier molecular flexibility index (Phi) is 5.42. The Hall–Kier alpha value is -2.49. The molecule has 4 nitrogen and oxygen atoms in total. The SMILES string of the molecule is COc1ccc(NC(=O)CCCc2ccc(C)cc2)cc1N. The van der Waals surface area contributed by atoms with Crippen LogP contribution < -0.4 is 15.8 Å². The first-order chi connectivity index (χ1) is 10.6. The lowest BCUT2D eigenvalue weighted by Gasteiger charge is -2.09. The lowest BCUT2D eigenvalue weighted by molar-refractivity contribution is -0.116. The van der Waals surface area contributed by atoms with Crippen molar-refractivity contribution in [2.75, 3.05) is 18.2 Å². The lowest BCUT2D eigenvalue weighted by atomic mass is 10.1. The van der Waals surface area contributed by atoms with Gasteiger partial charge < -0.3 is 15.8 Å². The molecule has 2 rings (SSSR count). The summed E-state index contributed by atoms with van der Waals surface area (Å²) in [7, 11) is 1.56. The maximum atomic E-state index is 11.9. The van der Waals surface area contributed by atoms with Crippen molar-refractivity contribution in [3.05, 3.63) is 53.6 Å². The predicted octanol–water partition coefficient (Wildman–Crippen LogP) is 3.55. The molecule has 0 heterocycles. The molecular formula is C18H22N2O2. The maximum Gasteiger partial charge on any atom is 0.224 e. The number of anilines is 2. The third kappa shape index (κ3) is 4.52. The average Bonchev–Trinajstić information content (AvgIpc) is 2.49. The largest absolute Gasteiger partial charge is 0.495 e. The number of carbonyl (C=O) groups is 1. The fraction of sp³-hybridized carbons (Fsp3) is 0.278. The fourth-order valence-corrected chi connectivity index (χ4v) is 2.24. The molecule has 22 heavy (non-hydrogen) atoms. The van der Waals surface area contributed by atoms with Gasteiger partial charge in [0, 0.05) is 12.1 Å². The van der Waals surface area contributed by atoms with Crippen LogP contribution in [0.25, 0.3) is 0 Å². The summed E-state index contributed by atoms with van der Waals surface area (Å²) in [4.78, 5) is 11.9. The molecule has 0 radical (unpaired) electrons. The van der Waals surface area contributed by atoms with Crippen molar-refractivity contribution in [2.45, 2.75) is 26.2 Å². The molecule has 2 aromatic rings. The molecule has 0 aromatic heterocycles. The van der Waals surface area contributed by atoms with Gasteiger partial charge >= 0.3 is 0 Å². The van der Waals surface area contributed by atoms with Crippen LogP contribution in [0.4, 0.5) is 11.4 Å². The van der Waals surface area contributed by atoms with E-state index in [0.29, 0.717) is 23.5 Å². The lowest BCUT2D eigenvalue weighted by Crippen LogP contribution is -2.11. The summed E-state index contributed by atoms with van der Waals surface area (Å²) in [6.45, 7) is 2.07. The normalized spacial score (nSPS) is 10.3. The first kappa shape index (κ1) is 15.9. The number of benzene rings is 2. The van der Waals surface area contributed by atoms with Gasteiger partial charge in [0.05, 0.1) is 12.8 Å². The number of nitrogens with one attached hydrogen (secondary N) is 1. The van der Waals surface area contributed by atoms with E-state index in [1.807, 2.05) is 0 Å². The number of nitrogen functional groups attached to an aromatic ring is 1. The zero-order chi connectivity index (χ0) is 15.9. The molecule has 1 amide bonds. The molecular weight excluding hydrogens is 276 g/mol. The smallest absolute Gasteiger partial charge is 0.224 e. The van der Waals surface area contributed by atoms with Crippen LogP contribution >= 0.6 is 0 Å². The molecule has 0 aliphatic carbocycles. The van der Waals surface area contributed by atoms with Crippen molar-refractivity contribution in [2.24, 2.45) is 0 Å². The molecule has 2 aromatic carbocycles. The third-order valence-electron chi connectivity index (χ3n) is 3.50. The van der Waals surface area contributed by atoms with E-state index in [1.165, 1.54) is 11.1 Å². The highest BCUT2D eigenvalue weighted by atomic mass is 16.5. The number of rotatable bonds is 6. The number of methoxy groups -OCH3 is 1. The predicted molar refractivity (Wildman–Crippen MR) is 90.2 cm³/mol. The Morgan fingerprint density at radius 1 is 1.18 bits per heavy atom. The van der Waals surface area contributed by atoms with Crippen LogP contribution in [-0.2, 0) is 11.2 Å².